The van der Waals surface area contributed by atoms with Crippen molar-refractivity contribution >= 4 is 33.3 Å². The van der Waals surface area contributed by atoms with Gasteiger partial charge in [0.1, 0.15) is 0 Å². The van der Waals surface area contributed by atoms with Crippen molar-refractivity contribution < 1.29 is 8.23 Å². The molecule has 10 heterocycles. The van der Waals surface area contributed by atoms with Gasteiger partial charge in [-0.25, -0.2) is 0 Å². The normalized spacial score (nSPS) is 41.3. The van der Waals surface area contributed by atoms with Gasteiger partial charge in [0.05, 0.1) is 147 Å². The summed E-state index contributed by atoms with van der Waals surface area (Å²) in [6.45, 7) is 45.2. The average molecular weight is 1920 g/mol. The van der Waals surface area contributed by atoms with Crippen LogP contribution in [-0.2, 0) is 8.23 Å². The number of hydrogen-bond donors (Lipinski definition) is 16. The molecule has 22 nitrogen and oxygen atoms in total. The summed E-state index contributed by atoms with van der Waals surface area (Å²) in [6, 6.07) is 10.1. The van der Waals surface area contributed by atoms with E-state index >= 15 is 0 Å². The third-order valence-corrected chi connectivity index (χ3v) is 54.4. The number of nitrogens with zero attached hydrogens (tertiary/aromatic N) is 4. The minimum Gasteiger partial charge on any atom is -0.449 e. The first-order valence-electron chi connectivity index (χ1n) is 56.6. The van der Waals surface area contributed by atoms with Crippen LogP contribution in [-0.4, -0.2) is 132 Å². The molecule has 36 atom stereocenters. The maximum atomic E-state index is 10.1. The molecule has 36 unspecified atom stereocenters. The first kappa shape index (κ1) is 105. The molecule has 0 amide bonds. The Morgan fingerprint density at radius 1 is 0.216 bits per heavy atom. The minimum atomic E-state index is -1.81. The Balaban J connectivity index is 0.000000144. The van der Waals surface area contributed by atoms with Crippen molar-refractivity contribution in [2.24, 2.45) is 118 Å². The summed E-state index contributed by atoms with van der Waals surface area (Å²) < 4.78 is 13.5. The average Bonchev–Trinajstić information content (AvgIpc) is 1.60. The van der Waals surface area contributed by atoms with Crippen LogP contribution in [0.4, 0.5) is 0 Å². The standard InChI is InChI=1S/2C34H54N10.2C20H42OSi2/c2*35-15-17-13-25-26(14-18(17)16-36)34-43-32-24-12-6-4-10-22(24)30(41-32)39-28-20-8-2-1-7-19(20)27(37-28)38-29-21-9-3-5-11-23(21)31(40-29)42-33(25)44-34;2*1-9-11-13-15-17-19(3)22(5,6)21-23(7,8)20(4)18-16-14-12-10-2/h2*17-34,37-44H,1-14H2;2*3-4,9-18H2,1-2,5-8H3. The Morgan fingerprint density at radius 2 is 0.343 bits per heavy atom. The smallest absolute Gasteiger partial charge is 0.201 e. The second-order valence-corrected chi connectivity index (χ2v) is 65.0. The lowest BCUT2D eigenvalue weighted by molar-refractivity contribution is 0.139. The molecule has 18 rings (SSSR count). The lowest BCUT2D eigenvalue weighted by atomic mass is 9.68. The van der Waals surface area contributed by atoms with Crippen molar-refractivity contribution in [3.8, 4) is 24.3 Å². The summed E-state index contributed by atoms with van der Waals surface area (Å²) >= 11 is 0. The molecule has 10 saturated heterocycles. The highest BCUT2D eigenvalue weighted by Gasteiger charge is 2.60. The fourth-order valence-electron chi connectivity index (χ4n) is 30.4. The zero-order valence-corrected chi connectivity index (χ0v) is 90.2. The molecule has 134 heavy (non-hydrogen) atoms. The van der Waals surface area contributed by atoms with E-state index < -0.39 is 33.3 Å². The van der Waals surface area contributed by atoms with Gasteiger partial charge in [0.25, 0.3) is 0 Å². The number of nitriles is 4. The Hall–Kier alpha value is -2.93. The third-order valence-electron chi connectivity index (χ3n) is 38.4. The van der Waals surface area contributed by atoms with Gasteiger partial charge in [-0.3, -0.25) is 85.1 Å². The second-order valence-electron chi connectivity index (χ2n) is 48.4. The quantitative estimate of drug-likeness (QED) is 0.0256. The van der Waals surface area contributed by atoms with E-state index in [9.17, 15) is 21.0 Å². The Kier molecular flexibility index (Phi) is 38.2. The monoisotopic (exact) mass is 1910 g/mol. The van der Waals surface area contributed by atoms with Crippen LogP contribution in [0.5, 0.6) is 0 Å². The SMILES string of the molecule is C=C(CCCCCC)[Si](C)(C)O[Si](C)(C)C(=C)CCCCCC.C=C(CCCCCC)[Si](C)(C)O[Si](C)(C)C(=C)CCCCCC.N#CC1CC2C3NC4NC(NC5NC(NC6NC(NC(N3)C2CC1C#N)C1CCCCC61)C1CCCCC51)C1CCCCC41.N#CC1CC2C3NC4NC(NC5NC(NC6NC(NC(N3)C2CC1C#N)C1CCCCC61)C1CCCCC51)C1CCCCC41. The molecule has 0 aromatic carbocycles. The number of unbranched alkanes of at least 4 members (excludes halogenated alkanes) is 12. The number of hydrogen-bond acceptors (Lipinski definition) is 22. The molecule has 8 saturated carbocycles. The predicted octanol–water partition coefficient (Wildman–Crippen LogP) is 19.3. The molecule has 752 valence electrons. The number of nitrogens with one attached hydrogen (secondary N) is 16. The number of fused-ring (bicyclic) bond motifs is 40. The molecule has 18 aliphatic rings. The van der Waals surface area contributed by atoms with Gasteiger partial charge in [-0.1, -0.05) is 203 Å². The molecule has 8 aliphatic carbocycles. The van der Waals surface area contributed by atoms with Crippen LogP contribution in [0.1, 0.15) is 336 Å². The molecule has 0 aromatic rings. The van der Waals surface area contributed by atoms with Gasteiger partial charge >= 0.3 is 0 Å². The summed E-state index contributed by atoms with van der Waals surface area (Å²) in [5.74, 6) is 8.38. The summed E-state index contributed by atoms with van der Waals surface area (Å²) in [4.78, 5) is 0. The highest BCUT2D eigenvalue weighted by atomic mass is 28.4. The van der Waals surface area contributed by atoms with Crippen molar-refractivity contribution in [2.45, 2.75) is 487 Å². The van der Waals surface area contributed by atoms with E-state index in [1.165, 1.54) is 278 Å². The van der Waals surface area contributed by atoms with Gasteiger partial charge in [-0.2, -0.15) is 21.0 Å². The third kappa shape index (κ3) is 25.0. The largest absolute Gasteiger partial charge is 0.449 e. The van der Waals surface area contributed by atoms with Crippen molar-refractivity contribution in [3.63, 3.8) is 0 Å². The summed E-state index contributed by atoms with van der Waals surface area (Å²) in [6.07, 6.45) is 64.5. The van der Waals surface area contributed by atoms with Gasteiger partial charge in [0, 0.05) is 0 Å². The molecule has 16 N–H and O–H groups in total. The predicted molar refractivity (Wildman–Crippen MR) is 556 cm³/mol. The molecule has 18 fully saturated rings. The Labute approximate surface area is 819 Å². The van der Waals surface area contributed by atoms with E-state index in [1.807, 2.05) is 0 Å². The van der Waals surface area contributed by atoms with E-state index in [0.29, 0.717) is 144 Å². The van der Waals surface area contributed by atoms with Gasteiger partial charge in [-0.05, 0) is 301 Å². The fourth-order valence-corrected chi connectivity index (χ4v) is 46.0. The van der Waals surface area contributed by atoms with Crippen LogP contribution < -0.4 is 85.1 Å². The number of allylic oxidation sites excluding steroid dienone is 4. The van der Waals surface area contributed by atoms with Crippen LogP contribution in [0.3, 0.4) is 0 Å². The lowest BCUT2D eigenvalue weighted by Crippen LogP contribution is -2.61. The van der Waals surface area contributed by atoms with E-state index in [-0.39, 0.29) is 73.0 Å². The highest BCUT2D eigenvalue weighted by Crippen LogP contribution is 2.52. The van der Waals surface area contributed by atoms with Gasteiger partial charge in [0.2, 0.25) is 33.3 Å². The van der Waals surface area contributed by atoms with Crippen LogP contribution in [0.2, 0.25) is 52.4 Å². The molecule has 26 heteroatoms. The Morgan fingerprint density at radius 3 is 0.463 bits per heavy atom. The van der Waals surface area contributed by atoms with E-state index in [4.69, 9.17) is 8.23 Å². The second kappa shape index (κ2) is 48.6. The van der Waals surface area contributed by atoms with Crippen molar-refractivity contribution in [2.75, 3.05) is 0 Å². The zero-order chi connectivity index (χ0) is 94.6. The van der Waals surface area contributed by atoms with Gasteiger partial charge in [-0.15, -0.1) is 26.3 Å². The molecular weight excluding hydrogens is 1720 g/mol. The first-order valence-corrected chi connectivity index (χ1v) is 68.2. The molecule has 0 spiro atoms. The van der Waals surface area contributed by atoms with Crippen LogP contribution >= 0.6 is 0 Å². The molecule has 0 radical (unpaired) electrons. The Bertz CT molecular complexity index is 3470. The topological polar surface area (TPSA) is 306 Å². The molecular formula is C108H192N20O2Si4. The van der Waals surface area contributed by atoms with Crippen molar-refractivity contribution in [1.82, 2.24) is 85.1 Å². The fraction of sp³-hybridized carbons (Fsp3) is 0.889. The van der Waals surface area contributed by atoms with Gasteiger partial charge in [0.15, 0.2) is 0 Å². The van der Waals surface area contributed by atoms with E-state index in [2.05, 4.69) is 216 Å². The zero-order valence-electron chi connectivity index (χ0n) is 86.2. The summed E-state index contributed by atoms with van der Waals surface area (Å²) in [5, 5.41) is 112. The van der Waals surface area contributed by atoms with E-state index in [1.54, 1.807) is 0 Å². The number of rotatable bonds is 28. The van der Waals surface area contributed by atoms with Crippen molar-refractivity contribution in [3.05, 3.63) is 47.1 Å². The maximum Gasteiger partial charge on any atom is 0.201 e. The highest BCUT2D eigenvalue weighted by molar-refractivity contribution is 6.92. The first-order chi connectivity index (χ1) is 64.7. The van der Waals surface area contributed by atoms with Crippen LogP contribution in [0, 0.1) is 164 Å². The summed E-state index contributed by atoms with van der Waals surface area (Å²) in [7, 11) is -7.25. The maximum absolute atomic E-state index is 10.1. The molecule has 0 aromatic heterocycles. The molecule has 16 bridgehead atoms. The minimum absolute atomic E-state index is 0.133. The lowest BCUT2D eigenvalue weighted by Gasteiger charge is -2.37. The van der Waals surface area contributed by atoms with Crippen LogP contribution in [0.25, 0.3) is 0 Å². The van der Waals surface area contributed by atoms with E-state index in [0.717, 1.165) is 51.4 Å². The molecule has 10 aliphatic heterocycles. The summed E-state index contributed by atoms with van der Waals surface area (Å²) in [5.41, 5.74) is 0. The van der Waals surface area contributed by atoms with Crippen molar-refractivity contribution in [1.29, 1.82) is 21.0 Å². The van der Waals surface area contributed by atoms with Gasteiger partial charge < -0.3 is 8.23 Å². The van der Waals surface area contributed by atoms with Crippen LogP contribution in [0.15, 0.2) is 47.1 Å².